The maximum absolute atomic E-state index is 11.7. The quantitative estimate of drug-likeness (QED) is 0.795. The van der Waals surface area contributed by atoms with Gasteiger partial charge in [0.15, 0.2) is 0 Å². The Kier molecular flexibility index (Phi) is 4.85. The van der Waals surface area contributed by atoms with Gasteiger partial charge in [-0.25, -0.2) is 8.42 Å². The average molecular weight is 271 g/mol. The lowest BCUT2D eigenvalue weighted by atomic mass is 10.1. The monoisotopic (exact) mass is 271 g/mol. The molecule has 0 saturated heterocycles. The second kappa shape index (κ2) is 5.94. The molecule has 0 amide bonds. The minimum Gasteiger partial charge on any atom is -0.259 e. The molecular weight excluding hydrogens is 258 g/mol. The fourth-order valence-corrected chi connectivity index (χ4v) is 3.94. The molecule has 0 spiro atoms. The number of nitrogens with zero attached hydrogens (tertiary/aromatic N) is 1. The van der Waals surface area contributed by atoms with Crippen LogP contribution in [-0.4, -0.2) is 30.4 Å². The fourth-order valence-electron chi connectivity index (χ4n) is 1.25. The summed E-state index contributed by atoms with van der Waals surface area (Å²) in [7, 11) is -4.34. The van der Waals surface area contributed by atoms with Crippen molar-refractivity contribution in [1.29, 1.82) is 5.26 Å². The van der Waals surface area contributed by atoms with Gasteiger partial charge < -0.3 is 0 Å². The highest BCUT2D eigenvalue weighted by Gasteiger charge is 2.09. The minimum absolute atomic E-state index is 0.0890. The van der Waals surface area contributed by atoms with Gasteiger partial charge in [-0.2, -0.15) is 5.26 Å². The van der Waals surface area contributed by atoms with Crippen LogP contribution in [0.1, 0.15) is 11.1 Å². The van der Waals surface area contributed by atoms with E-state index >= 15 is 0 Å². The molecule has 0 bridgehead atoms. The van der Waals surface area contributed by atoms with Crippen molar-refractivity contribution in [3.05, 3.63) is 35.4 Å². The Morgan fingerprint density at radius 3 is 2.59 bits per heavy atom. The third-order valence-corrected chi connectivity index (χ3v) is 4.63. The van der Waals surface area contributed by atoms with Crippen LogP contribution in [-0.2, 0) is 26.4 Å². The normalized spacial score (nSPS) is 12.9. The third kappa shape index (κ3) is 5.11. The van der Waals surface area contributed by atoms with Crippen molar-refractivity contribution >= 4 is 20.6 Å². The van der Waals surface area contributed by atoms with Gasteiger partial charge in [-0.3, -0.25) is 4.21 Å². The lowest BCUT2D eigenvalue weighted by Crippen LogP contribution is -2.13. The fraction of sp³-hybridized carbons (Fsp3) is 0.364. The van der Waals surface area contributed by atoms with Crippen LogP contribution in [0, 0.1) is 11.3 Å². The summed E-state index contributed by atoms with van der Waals surface area (Å²) in [6.07, 6.45) is 1.12. The molecule has 0 heterocycles. The van der Waals surface area contributed by atoms with Crippen LogP contribution in [0.2, 0.25) is 0 Å². The smallest absolute Gasteiger partial charge is 0.148 e. The summed E-state index contributed by atoms with van der Waals surface area (Å²) >= 11 is 0. The first-order valence-electron chi connectivity index (χ1n) is 4.93. The molecule has 4 nitrogen and oxygen atoms in total. The highest BCUT2D eigenvalue weighted by molar-refractivity contribution is 7.92. The second-order valence-corrected chi connectivity index (χ2v) is 7.52. The molecule has 17 heavy (non-hydrogen) atoms. The van der Waals surface area contributed by atoms with Gasteiger partial charge >= 0.3 is 0 Å². The molecule has 0 aliphatic heterocycles. The van der Waals surface area contributed by atoms with E-state index in [1.807, 2.05) is 6.07 Å². The van der Waals surface area contributed by atoms with Crippen LogP contribution in [0.5, 0.6) is 0 Å². The molecule has 1 aromatic rings. The molecule has 1 atom stereocenters. The zero-order chi connectivity index (χ0) is 12.9. The Bertz CT molecular complexity index is 558. The lowest BCUT2D eigenvalue weighted by molar-refractivity contribution is 0.602. The zero-order valence-electron chi connectivity index (χ0n) is 9.42. The molecule has 0 aromatic heterocycles. The summed E-state index contributed by atoms with van der Waals surface area (Å²) < 4.78 is 33.5. The van der Waals surface area contributed by atoms with Gasteiger partial charge in [-0.1, -0.05) is 18.2 Å². The molecule has 92 valence electrons. The van der Waals surface area contributed by atoms with Crippen molar-refractivity contribution in [3.63, 3.8) is 0 Å². The van der Waals surface area contributed by atoms with Crippen LogP contribution < -0.4 is 0 Å². The van der Waals surface area contributed by atoms with Crippen LogP contribution in [0.25, 0.3) is 0 Å². The third-order valence-electron chi connectivity index (χ3n) is 2.14. The SMILES string of the molecule is CS(=O)(=O)CCS(=O)Cc1ccccc1C#N. The first-order chi connectivity index (χ1) is 7.92. The summed E-state index contributed by atoms with van der Waals surface area (Å²) in [5.41, 5.74) is 1.18. The molecule has 0 saturated carbocycles. The number of nitriles is 1. The Labute approximate surface area is 104 Å². The Hall–Kier alpha value is -1.19. The topological polar surface area (TPSA) is 75.0 Å². The maximum atomic E-state index is 11.7. The number of hydrogen-bond acceptors (Lipinski definition) is 4. The molecule has 0 radical (unpaired) electrons. The number of benzene rings is 1. The lowest BCUT2D eigenvalue weighted by Gasteiger charge is -2.03. The first-order valence-corrected chi connectivity index (χ1v) is 8.48. The number of sulfone groups is 1. The van der Waals surface area contributed by atoms with E-state index in [-0.39, 0.29) is 17.3 Å². The van der Waals surface area contributed by atoms with E-state index in [2.05, 4.69) is 0 Å². The van der Waals surface area contributed by atoms with Crippen molar-refractivity contribution in [2.75, 3.05) is 17.8 Å². The van der Waals surface area contributed by atoms with Crippen LogP contribution in [0.15, 0.2) is 24.3 Å². The van der Waals surface area contributed by atoms with Gasteiger partial charge in [0, 0.05) is 28.6 Å². The van der Waals surface area contributed by atoms with Crippen molar-refractivity contribution in [2.24, 2.45) is 0 Å². The second-order valence-electron chi connectivity index (χ2n) is 3.69. The van der Waals surface area contributed by atoms with E-state index < -0.39 is 20.6 Å². The predicted octanol–water partition coefficient (Wildman–Crippen LogP) is 0.852. The summed E-state index contributed by atoms with van der Waals surface area (Å²) in [5, 5.41) is 8.85. The zero-order valence-corrected chi connectivity index (χ0v) is 11.1. The van der Waals surface area contributed by atoms with Gasteiger partial charge in [0.1, 0.15) is 9.84 Å². The van der Waals surface area contributed by atoms with E-state index in [4.69, 9.17) is 5.26 Å². The van der Waals surface area contributed by atoms with E-state index in [1.54, 1.807) is 24.3 Å². The molecule has 0 fully saturated rings. The molecule has 0 aliphatic carbocycles. The molecule has 6 heteroatoms. The highest BCUT2D eigenvalue weighted by atomic mass is 32.2. The van der Waals surface area contributed by atoms with E-state index in [1.165, 1.54) is 0 Å². The van der Waals surface area contributed by atoms with Crippen molar-refractivity contribution in [1.82, 2.24) is 0 Å². The molecule has 1 rings (SSSR count). The van der Waals surface area contributed by atoms with Gasteiger partial charge in [0.25, 0.3) is 0 Å². The van der Waals surface area contributed by atoms with E-state index in [9.17, 15) is 12.6 Å². The van der Waals surface area contributed by atoms with Gasteiger partial charge in [-0.05, 0) is 11.6 Å². The minimum atomic E-state index is -3.09. The van der Waals surface area contributed by atoms with E-state index in [0.29, 0.717) is 11.1 Å². The standard InChI is InChI=1S/C11H13NO3S2/c1-17(14,15)7-6-16(13)9-11-5-3-2-4-10(11)8-12/h2-5H,6-7,9H2,1H3. The summed E-state index contributed by atoms with van der Waals surface area (Å²) in [6, 6.07) is 8.91. The highest BCUT2D eigenvalue weighted by Crippen LogP contribution is 2.10. The molecule has 1 unspecified atom stereocenters. The molecule has 0 N–H and O–H groups in total. The molecule has 1 aromatic carbocycles. The first kappa shape index (κ1) is 13.9. The Morgan fingerprint density at radius 1 is 1.35 bits per heavy atom. The van der Waals surface area contributed by atoms with Gasteiger partial charge in [-0.15, -0.1) is 0 Å². The van der Waals surface area contributed by atoms with Gasteiger partial charge in [0.2, 0.25) is 0 Å². The van der Waals surface area contributed by atoms with Crippen molar-refractivity contribution in [2.45, 2.75) is 5.75 Å². The average Bonchev–Trinajstić information content (AvgIpc) is 2.26. The molecule has 0 aliphatic rings. The summed E-state index contributed by atoms with van der Waals surface area (Å²) in [5.74, 6) is 0.242. The van der Waals surface area contributed by atoms with Gasteiger partial charge in [0.05, 0.1) is 17.4 Å². The Morgan fingerprint density at radius 2 is 2.00 bits per heavy atom. The number of hydrogen-bond donors (Lipinski definition) is 0. The van der Waals surface area contributed by atoms with E-state index in [0.717, 1.165) is 6.26 Å². The van der Waals surface area contributed by atoms with Crippen LogP contribution in [0.3, 0.4) is 0 Å². The summed E-state index contributed by atoms with van der Waals surface area (Å²) in [6.45, 7) is 0. The van der Waals surface area contributed by atoms with Crippen molar-refractivity contribution < 1.29 is 12.6 Å². The van der Waals surface area contributed by atoms with Crippen molar-refractivity contribution in [3.8, 4) is 6.07 Å². The Balaban J connectivity index is 2.66. The number of rotatable bonds is 5. The van der Waals surface area contributed by atoms with Crippen LogP contribution >= 0.6 is 0 Å². The predicted molar refractivity (Wildman–Crippen MR) is 67.6 cm³/mol. The maximum Gasteiger partial charge on any atom is 0.148 e. The summed E-state index contributed by atoms with van der Waals surface area (Å²) in [4.78, 5) is 0. The molecular formula is C11H13NO3S2. The largest absolute Gasteiger partial charge is 0.259 e. The van der Waals surface area contributed by atoms with Crippen LogP contribution in [0.4, 0.5) is 0 Å².